The highest BCUT2D eigenvalue weighted by Gasteiger charge is 2.21. The number of anilines is 1. The molecule has 0 aromatic heterocycles. The first-order valence-corrected chi connectivity index (χ1v) is 9.92. The summed E-state index contributed by atoms with van der Waals surface area (Å²) >= 11 is 5.97. The maximum absolute atomic E-state index is 12.3. The molecule has 0 radical (unpaired) electrons. The fraction of sp³-hybridized carbons (Fsp3) is 0.238. The number of nitro benzene ring substituents is 1. The molecule has 0 fully saturated rings. The lowest BCUT2D eigenvalue weighted by Gasteiger charge is -2.17. The van der Waals surface area contributed by atoms with Crippen LogP contribution in [0.5, 0.6) is 0 Å². The Bertz CT molecular complexity index is 1090. The molecule has 0 atom stereocenters. The van der Waals surface area contributed by atoms with E-state index in [9.17, 15) is 29.3 Å². The number of para-hydroxylation sites is 1. The summed E-state index contributed by atoms with van der Waals surface area (Å²) in [6.45, 7) is 0.519. The number of nitrogens with zero attached hydrogens (tertiary/aromatic N) is 2. The minimum Gasteiger partial charge on any atom is -0.462 e. The Morgan fingerprint density at radius 2 is 1.67 bits per heavy atom. The van der Waals surface area contributed by atoms with Gasteiger partial charge in [0, 0.05) is 19.2 Å². The van der Waals surface area contributed by atoms with Crippen molar-refractivity contribution in [1.29, 1.82) is 0 Å². The summed E-state index contributed by atoms with van der Waals surface area (Å²) in [6.07, 6.45) is 0. The Labute approximate surface area is 193 Å². The van der Waals surface area contributed by atoms with Gasteiger partial charge in [-0.1, -0.05) is 23.7 Å². The number of carbonyl (C=O) groups is 4. The minimum atomic E-state index is -1.06. The van der Waals surface area contributed by atoms with Crippen LogP contribution >= 0.6 is 11.6 Å². The topological polar surface area (TPSA) is 145 Å². The van der Waals surface area contributed by atoms with Gasteiger partial charge in [-0.2, -0.15) is 0 Å². The fourth-order valence-electron chi connectivity index (χ4n) is 2.54. The summed E-state index contributed by atoms with van der Waals surface area (Å²) in [6, 6.07) is 9.50. The number of esters is 2. The molecule has 0 aliphatic rings. The molecule has 0 spiro atoms. The van der Waals surface area contributed by atoms with Crippen LogP contribution in [0.2, 0.25) is 5.02 Å². The Hall–Kier alpha value is -3.99. The zero-order chi connectivity index (χ0) is 24.5. The molecule has 0 bridgehead atoms. The van der Waals surface area contributed by atoms with E-state index in [-0.39, 0.29) is 24.3 Å². The monoisotopic (exact) mass is 477 g/mol. The molecule has 1 N–H and O–H groups in total. The van der Waals surface area contributed by atoms with Gasteiger partial charge in [0.2, 0.25) is 5.91 Å². The summed E-state index contributed by atoms with van der Waals surface area (Å²) in [5.74, 6) is -3.14. The summed E-state index contributed by atoms with van der Waals surface area (Å²) in [5, 5.41) is 14.0. The highest BCUT2D eigenvalue weighted by Crippen LogP contribution is 2.21. The standard InChI is InChI=1S/C21H20ClN3O8/c1-3-32-20(28)13-8-14(10-15(9-13)25(30)31)21(29)33-12-19(27)24(2)11-18(26)23-17-7-5-4-6-16(17)22/h4-10H,3,11-12H2,1-2H3,(H,23,26). The second kappa shape index (κ2) is 11.6. The number of hydrogen-bond acceptors (Lipinski definition) is 8. The van der Waals surface area contributed by atoms with Crippen LogP contribution in [0.25, 0.3) is 0 Å². The molecule has 0 aliphatic heterocycles. The smallest absolute Gasteiger partial charge is 0.338 e. The van der Waals surface area contributed by atoms with E-state index in [2.05, 4.69) is 5.32 Å². The molecule has 0 unspecified atom stereocenters. The number of rotatable bonds is 9. The van der Waals surface area contributed by atoms with Crippen molar-refractivity contribution >= 4 is 46.7 Å². The van der Waals surface area contributed by atoms with Gasteiger partial charge < -0.3 is 19.7 Å². The van der Waals surface area contributed by atoms with E-state index in [1.54, 1.807) is 31.2 Å². The van der Waals surface area contributed by atoms with E-state index >= 15 is 0 Å². The third-order valence-electron chi connectivity index (χ3n) is 4.16. The molecule has 2 amide bonds. The Balaban J connectivity index is 1.99. The minimum absolute atomic E-state index is 0.0339. The lowest BCUT2D eigenvalue weighted by molar-refractivity contribution is -0.384. The first-order valence-electron chi connectivity index (χ1n) is 9.54. The average molecular weight is 478 g/mol. The van der Waals surface area contributed by atoms with Gasteiger partial charge in [0.25, 0.3) is 11.6 Å². The van der Waals surface area contributed by atoms with Gasteiger partial charge in [0.1, 0.15) is 0 Å². The van der Waals surface area contributed by atoms with E-state index in [0.717, 1.165) is 23.1 Å². The van der Waals surface area contributed by atoms with Gasteiger partial charge in [-0.05, 0) is 25.1 Å². The van der Waals surface area contributed by atoms with E-state index < -0.39 is 41.0 Å². The maximum atomic E-state index is 12.3. The van der Waals surface area contributed by atoms with Crippen molar-refractivity contribution < 1.29 is 33.6 Å². The van der Waals surface area contributed by atoms with Crippen molar-refractivity contribution in [1.82, 2.24) is 4.90 Å². The highest BCUT2D eigenvalue weighted by atomic mass is 35.5. The summed E-state index contributed by atoms with van der Waals surface area (Å²) < 4.78 is 9.70. The van der Waals surface area contributed by atoms with Crippen LogP contribution in [-0.2, 0) is 19.1 Å². The van der Waals surface area contributed by atoms with Crippen LogP contribution in [0.3, 0.4) is 0 Å². The molecule has 2 rings (SSSR count). The first kappa shape index (κ1) is 25.3. The van der Waals surface area contributed by atoms with Crippen LogP contribution in [-0.4, -0.2) is 60.4 Å². The molecule has 0 heterocycles. The number of nitrogens with one attached hydrogen (secondary N) is 1. The number of ether oxygens (including phenoxy) is 2. The van der Waals surface area contributed by atoms with Gasteiger partial charge in [0.05, 0.1) is 39.9 Å². The maximum Gasteiger partial charge on any atom is 0.338 e. The Morgan fingerprint density at radius 3 is 2.24 bits per heavy atom. The zero-order valence-corrected chi connectivity index (χ0v) is 18.5. The van der Waals surface area contributed by atoms with Crippen molar-refractivity contribution in [3.63, 3.8) is 0 Å². The molecule has 0 saturated carbocycles. The SMILES string of the molecule is CCOC(=O)c1cc(C(=O)OCC(=O)N(C)CC(=O)Nc2ccccc2Cl)cc([N+](=O)[O-])c1. The molecule has 174 valence electrons. The van der Waals surface area contributed by atoms with Crippen molar-refractivity contribution in [2.45, 2.75) is 6.92 Å². The molecule has 11 nitrogen and oxygen atoms in total. The third kappa shape index (κ3) is 7.28. The number of non-ortho nitro benzene ring substituents is 1. The summed E-state index contributed by atoms with van der Waals surface area (Å²) in [4.78, 5) is 59.9. The molecule has 33 heavy (non-hydrogen) atoms. The average Bonchev–Trinajstić information content (AvgIpc) is 2.78. The highest BCUT2D eigenvalue weighted by molar-refractivity contribution is 6.33. The van der Waals surface area contributed by atoms with Gasteiger partial charge in [-0.25, -0.2) is 9.59 Å². The normalized spacial score (nSPS) is 10.2. The second-order valence-corrected chi connectivity index (χ2v) is 7.01. The lowest BCUT2D eigenvalue weighted by atomic mass is 10.1. The third-order valence-corrected chi connectivity index (χ3v) is 4.49. The molecule has 2 aromatic rings. The predicted octanol–water partition coefficient (Wildman–Crippen LogP) is 2.68. The second-order valence-electron chi connectivity index (χ2n) is 6.60. The fourth-order valence-corrected chi connectivity index (χ4v) is 2.73. The molecule has 0 aliphatic carbocycles. The van der Waals surface area contributed by atoms with Crippen molar-refractivity contribution in [2.24, 2.45) is 0 Å². The van der Waals surface area contributed by atoms with Crippen molar-refractivity contribution in [3.8, 4) is 0 Å². The van der Waals surface area contributed by atoms with Crippen LogP contribution in [0.1, 0.15) is 27.6 Å². The number of hydrogen-bond donors (Lipinski definition) is 1. The molecule has 2 aromatic carbocycles. The Morgan fingerprint density at radius 1 is 1.06 bits per heavy atom. The number of nitro groups is 1. The zero-order valence-electron chi connectivity index (χ0n) is 17.7. The van der Waals surface area contributed by atoms with Gasteiger partial charge >= 0.3 is 11.9 Å². The number of halogens is 1. The van der Waals surface area contributed by atoms with E-state index in [4.69, 9.17) is 21.1 Å². The van der Waals surface area contributed by atoms with Crippen LogP contribution in [0.15, 0.2) is 42.5 Å². The quantitative estimate of drug-likeness (QED) is 0.329. The van der Waals surface area contributed by atoms with E-state index in [1.807, 2.05) is 0 Å². The van der Waals surface area contributed by atoms with Crippen LogP contribution < -0.4 is 5.32 Å². The van der Waals surface area contributed by atoms with Crippen molar-refractivity contribution in [2.75, 3.05) is 32.1 Å². The number of amides is 2. The molecular weight excluding hydrogens is 458 g/mol. The van der Waals surface area contributed by atoms with E-state index in [1.165, 1.54) is 7.05 Å². The van der Waals surface area contributed by atoms with Crippen LogP contribution in [0, 0.1) is 10.1 Å². The molecular formula is C21H20ClN3O8. The molecule has 0 saturated heterocycles. The number of carbonyl (C=O) groups excluding carboxylic acids is 4. The number of likely N-dealkylation sites (N-methyl/N-ethyl adjacent to an activating group) is 1. The molecule has 12 heteroatoms. The Kier molecular flexibility index (Phi) is 8.87. The largest absolute Gasteiger partial charge is 0.462 e. The first-order chi connectivity index (χ1) is 15.6. The number of benzene rings is 2. The summed E-state index contributed by atoms with van der Waals surface area (Å²) in [7, 11) is 1.33. The summed E-state index contributed by atoms with van der Waals surface area (Å²) in [5.41, 5.74) is -0.663. The van der Waals surface area contributed by atoms with Gasteiger partial charge in [-0.15, -0.1) is 0 Å². The van der Waals surface area contributed by atoms with Crippen molar-refractivity contribution in [3.05, 3.63) is 68.7 Å². The van der Waals surface area contributed by atoms with E-state index in [0.29, 0.717) is 10.7 Å². The van der Waals surface area contributed by atoms with Gasteiger partial charge in [-0.3, -0.25) is 19.7 Å². The predicted molar refractivity (Wildman–Crippen MR) is 117 cm³/mol. The van der Waals surface area contributed by atoms with Crippen LogP contribution in [0.4, 0.5) is 11.4 Å². The van der Waals surface area contributed by atoms with Gasteiger partial charge in [0.15, 0.2) is 6.61 Å². The lowest BCUT2D eigenvalue weighted by Crippen LogP contribution is -2.37.